The average molecular weight is 325 g/mol. The van der Waals surface area contributed by atoms with Crippen LogP contribution in [0.15, 0.2) is 42.3 Å². The van der Waals surface area contributed by atoms with Crippen molar-refractivity contribution in [3.8, 4) is 21.8 Å². The van der Waals surface area contributed by atoms with E-state index in [0.717, 1.165) is 40.9 Å². The van der Waals surface area contributed by atoms with Gasteiger partial charge in [0.25, 0.3) is 0 Å². The zero-order chi connectivity index (χ0) is 15.5. The maximum Gasteiger partial charge on any atom is 0.226 e. The molecule has 0 N–H and O–H groups in total. The SMILES string of the molecule is c1csc(-c2nc(N3CCOCC3)ncc2-c2cnccn2)c1. The highest BCUT2D eigenvalue weighted by Crippen LogP contribution is 2.32. The lowest BCUT2D eigenvalue weighted by Crippen LogP contribution is -2.37. The van der Waals surface area contributed by atoms with Crippen LogP contribution in [0.25, 0.3) is 21.8 Å². The molecule has 3 aromatic rings. The molecule has 1 saturated heterocycles. The summed E-state index contributed by atoms with van der Waals surface area (Å²) in [5, 5.41) is 2.05. The van der Waals surface area contributed by atoms with Crippen LogP contribution in [0.4, 0.5) is 5.95 Å². The second-order valence-corrected chi connectivity index (χ2v) is 6.05. The Kier molecular flexibility index (Phi) is 3.95. The monoisotopic (exact) mass is 325 g/mol. The van der Waals surface area contributed by atoms with E-state index >= 15 is 0 Å². The standard InChI is InChI=1S/C16H15N5OS/c1-2-14(23-9-1)15-12(13-11-17-3-4-18-13)10-19-16(20-15)21-5-7-22-8-6-21/h1-4,9-11H,5-8H2. The number of thiophene rings is 1. The van der Waals surface area contributed by atoms with Gasteiger partial charge in [-0.15, -0.1) is 11.3 Å². The van der Waals surface area contributed by atoms with Crippen molar-refractivity contribution in [3.05, 3.63) is 42.3 Å². The van der Waals surface area contributed by atoms with Crippen LogP contribution in [0.2, 0.25) is 0 Å². The minimum Gasteiger partial charge on any atom is -0.378 e. The fraction of sp³-hybridized carbons (Fsp3) is 0.250. The average Bonchev–Trinajstić information content (AvgIpc) is 3.17. The van der Waals surface area contributed by atoms with Crippen molar-refractivity contribution in [2.45, 2.75) is 0 Å². The van der Waals surface area contributed by atoms with Crippen molar-refractivity contribution >= 4 is 17.3 Å². The van der Waals surface area contributed by atoms with E-state index in [0.29, 0.717) is 13.2 Å². The zero-order valence-corrected chi connectivity index (χ0v) is 13.2. The summed E-state index contributed by atoms with van der Waals surface area (Å²) < 4.78 is 5.40. The summed E-state index contributed by atoms with van der Waals surface area (Å²) in [4.78, 5) is 21.2. The Morgan fingerprint density at radius 2 is 2.00 bits per heavy atom. The van der Waals surface area contributed by atoms with Crippen molar-refractivity contribution in [2.24, 2.45) is 0 Å². The lowest BCUT2D eigenvalue weighted by Gasteiger charge is -2.27. The Labute approximate surface area is 137 Å². The van der Waals surface area contributed by atoms with Crippen molar-refractivity contribution < 1.29 is 4.74 Å². The van der Waals surface area contributed by atoms with Gasteiger partial charge in [-0.25, -0.2) is 9.97 Å². The van der Waals surface area contributed by atoms with Crippen LogP contribution >= 0.6 is 11.3 Å². The third kappa shape index (κ3) is 2.93. The molecule has 0 radical (unpaired) electrons. The molecule has 0 aromatic carbocycles. The van der Waals surface area contributed by atoms with E-state index in [9.17, 15) is 0 Å². The number of hydrogen-bond donors (Lipinski definition) is 0. The Balaban J connectivity index is 1.80. The van der Waals surface area contributed by atoms with Gasteiger partial charge in [0, 0.05) is 37.2 Å². The van der Waals surface area contributed by atoms with Crippen LogP contribution in [-0.2, 0) is 4.74 Å². The van der Waals surface area contributed by atoms with Gasteiger partial charge in [0.05, 0.1) is 35.7 Å². The number of rotatable bonds is 3. The number of anilines is 1. The summed E-state index contributed by atoms with van der Waals surface area (Å²) >= 11 is 1.66. The molecular formula is C16H15N5OS. The number of ether oxygens (including phenoxy) is 1. The van der Waals surface area contributed by atoms with Gasteiger partial charge < -0.3 is 9.64 Å². The van der Waals surface area contributed by atoms with Crippen LogP contribution < -0.4 is 4.90 Å². The Hall–Kier alpha value is -2.38. The summed E-state index contributed by atoms with van der Waals surface area (Å²) in [6.45, 7) is 3.05. The number of morpholine rings is 1. The van der Waals surface area contributed by atoms with E-state index in [1.54, 1.807) is 29.9 Å². The molecule has 3 aromatic heterocycles. The van der Waals surface area contributed by atoms with Gasteiger partial charge in [0.1, 0.15) is 0 Å². The summed E-state index contributed by atoms with van der Waals surface area (Å²) in [6, 6.07) is 4.09. The van der Waals surface area contributed by atoms with E-state index in [4.69, 9.17) is 9.72 Å². The summed E-state index contributed by atoms with van der Waals surface area (Å²) in [5.74, 6) is 0.740. The summed E-state index contributed by atoms with van der Waals surface area (Å²) in [7, 11) is 0. The second kappa shape index (κ2) is 6.39. The Morgan fingerprint density at radius 1 is 1.09 bits per heavy atom. The van der Waals surface area contributed by atoms with Crippen molar-refractivity contribution in [2.75, 3.05) is 31.2 Å². The molecule has 0 aliphatic carbocycles. The number of aromatic nitrogens is 4. The first kappa shape index (κ1) is 14.2. The molecule has 23 heavy (non-hydrogen) atoms. The van der Waals surface area contributed by atoms with E-state index < -0.39 is 0 Å². The minimum absolute atomic E-state index is 0.712. The minimum atomic E-state index is 0.712. The molecule has 0 bridgehead atoms. The van der Waals surface area contributed by atoms with E-state index in [2.05, 4.69) is 25.9 Å². The van der Waals surface area contributed by atoms with Gasteiger partial charge in [-0.3, -0.25) is 9.97 Å². The van der Waals surface area contributed by atoms with Gasteiger partial charge in [-0.05, 0) is 11.4 Å². The Morgan fingerprint density at radius 3 is 2.74 bits per heavy atom. The quantitative estimate of drug-likeness (QED) is 0.737. The third-order valence-corrected chi connectivity index (χ3v) is 4.54. The molecule has 6 nitrogen and oxygen atoms in total. The maximum absolute atomic E-state index is 5.40. The lowest BCUT2D eigenvalue weighted by molar-refractivity contribution is 0.122. The first-order valence-corrected chi connectivity index (χ1v) is 8.30. The van der Waals surface area contributed by atoms with Crippen LogP contribution in [0.3, 0.4) is 0 Å². The Bertz CT molecular complexity index is 772. The van der Waals surface area contributed by atoms with Crippen LogP contribution in [0, 0.1) is 0 Å². The third-order valence-electron chi connectivity index (χ3n) is 3.66. The molecule has 0 spiro atoms. The molecule has 0 saturated carbocycles. The molecule has 4 heterocycles. The fourth-order valence-corrected chi connectivity index (χ4v) is 3.24. The highest BCUT2D eigenvalue weighted by Gasteiger charge is 2.18. The largest absolute Gasteiger partial charge is 0.378 e. The molecule has 0 atom stereocenters. The van der Waals surface area contributed by atoms with Crippen molar-refractivity contribution in [3.63, 3.8) is 0 Å². The highest BCUT2D eigenvalue weighted by molar-refractivity contribution is 7.13. The first-order valence-electron chi connectivity index (χ1n) is 7.42. The van der Waals surface area contributed by atoms with Crippen LogP contribution in [-0.4, -0.2) is 46.2 Å². The molecule has 1 fully saturated rings. The normalized spacial score (nSPS) is 14.9. The fourth-order valence-electron chi connectivity index (χ4n) is 2.51. The van der Waals surface area contributed by atoms with Gasteiger partial charge in [0.2, 0.25) is 5.95 Å². The van der Waals surface area contributed by atoms with E-state index in [-0.39, 0.29) is 0 Å². The lowest BCUT2D eigenvalue weighted by atomic mass is 10.1. The first-order chi connectivity index (χ1) is 11.4. The van der Waals surface area contributed by atoms with Crippen LogP contribution in [0.5, 0.6) is 0 Å². The molecule has 7 heteroatoms. The number of nitrogens with zero attached hydrogens (tertiary/aromatic N) is 5. The topological polar surface area (TPSA) is 64.0 Å². The summed E-state index contributed by atoms with van der Waals surface area (Å²) in [5.41, 5.74) is 2.58. The number of hydrogen-bond acceptors (Lipinski definition) is 7. The van der Waals surface area contributed by atoms with Gasteiger partial charge >= 0.3 is 0 Å². The molecule has 116 valence electrons. The predicted molar refractivity (Wildman–Crippen MR) is 89.4 cm³/mol. The predicted octanol–water partition coefficient (Wildman–Crippen LogP) is 2.50. The van der Waals surface area contributed by atoms with Gasteiger partial charge in [-0.2, -0.15) is 0 Å². The van der Waals surface area contributed by atoms with E-state index in [1.165, 1.54) is 0 Å². The second-order valence-electron chi connectivity index (χ2n) is 5.10. The molecule has 0 unspecified atom stereocenters. The highest BCUT2D eigenvalue weighted by atomic mass is 32.1. The molecule has 1 aliphatic heterocycles. The van der Waals surface area contributed by atoms with Crippen molar-refractivity contribution in [1.29, 1.82) is 0 Å². The molecule has 0 amide bonds. The van der Waals surface area contributed by atoms with Crippen LogP contribution in [0.1, 0.15) is 0 Å². The van der Waals surface area contributed by atoms with Gasteiger partial charge in [-0.1, -0.05) is 6.07 Å². The summed E-state index contributed by atoms with van der Waals surface area (Å²) in [6.07, 6.45) is 6.93. The molecular weight excluding hydrogens is 310 g/mol. The van der Waals surface area contributed by atoms with Gasteiger partial charge in [0.15, 0.2) is 0 Å². The molecule has 1 aliphatic rings. The molecule has 4 rings (SSSR count). The smallest absolute Gasteiger partial charge is 0.226 e. The van der Waals surface area contributed by atoms with E-state index in [1.807, 2.05) is 17.6 Å². The zero-order valence-electron chi connectivity index (χ0n) is 12.4. The van der Waals surface area contributed by atoms with Crippen molar-refractivity contribution in [1.82, 2.24) is 19.9 Å². The maximum atomic E-state index is 5.40.